The molecule has 4 rings (SSSR count). The van der Waals surface area contributed by atoms with E-state index >= 15 is 0 Å². The Morgan fingerprint density at radius 1 is 1.23 bits per heavy atom. The molecule has 2 saturated heterocycles. The molecule has 1 aromatic heterocycles. The number of aromatic nitrogens is 2. The maximum absolute atomic E-state index is 6.03. The van der Waals surface area contributed by atoms with Crippen LogP contribution in [0.15, 0.2) is 48.9 Å². The van der Waals surface area contributed by atoms with Crippen LogP contribution in [0, 0.1) is 0 Å². The zero-order chi connectivity index (χ0) is 14.8. The van der Waals surface area contributed by atoms with Gasteiger partial charge in [-0.2, -0.15) is 0 Å². The maximum Gasteiger partial charge on any atom is 0.232 e. The summed E-state index contributed by atoms with van der Waals surface area (Å²) in [6, 6.07) is 10.2. The van der Waals surface area contributed by atoms with Gasteiger partial charge in [0.15, 0.2) is 0 Å². The molecule has 114 valence electrons. The average molecular weight is 299 g/mol. The van der Waals surface area contributed by atoms with Crippen molar-refractivity contribution in [3.8, 4) is 5.88 Å². The number of ether oxygens (including phenoxy) is 3. The molecular weight excluding hydrogens is 282 g/mol. The van der Waals surface area contributed by atoms with Crippen LogP contribution in [0.5, 0.6) is 5.88 Å². The molecule has 2 aromatic rings. The van der Waals surface area contributed by atoms with Crippen molar-refractivity contribution < 1.29 is 14.2 Å². The predicted molar refractivity (Wildman–Crippen MR) is 78.1 cm³/mol. The molecule has 3 heterocycles. The largest absolute Gasteiger partial charge is 0.474 e. The van der Waals surface area contributed by atoms with Gasteiger partial charge in [0.05, 0.1) is 19.4 Å². The van der Waals surface area contributed by atoms with Gasteiger partial charge in [-0.1, -0.05) is 30.3 Å². The lowest BCUT2D eigenvalue weighted by molar-refractivity contribution is -0.00683. The summed E-state index contributed by atoms with van der Waals surface area (Å²) < 4.78 is 17.5. The number of rotatable bonds is 4. The van der Waals surface area contributed by atoms with Crippen molar-refractivity contribution in [1.29, 1.82) is 0 Å². The van der Waals surface area contributed by atoms with Gasteiger partial charge in [0.2, 0.25) is 5.88 Å². The molecule has 0 radical (unpaired) electrons. The Bertz CT molecular complexity index is 625. The molecule has 0 saturated carbocycles. The van der Waals surface area contributed by atoms with Crippen molar-refractivity contribution in [2.45, 2.75) is 11.8 Å². The van der Waals surface area contributed by atoms with Crippen molar-refractivity contribution >= 4 is 0 Å². The van der Waals surface area contributed by atoms with Crippen molar-refractivity contribution in [2.24, 2.45) is 0 Å². The molecule has 2 aliphatic rings. The van der Waals surface area contributed by atoms with Crippen LogP contribution < -0.4 is 4.74 Å². The Morgan fingerprint density at radius 3 is 2.95 bits per heavy atom. The highest BCUT2D eigenvalue weighted by Gasteiger charge is 2.52. The molecule has 0 bridgehead atoms. The predicted octanol–water partition coefficient (Wildman–Crippen LogP) is 1.61. The van der Waals surface area contributed by atoms with E-state index < -0.39 is 0 Å². The fraction of sp³-hybridized carbons (Fsp3) is 0.375. The second-order valence-electron chi connectivity index (χ2n) is 5.58. The van der Waals surface area contributed by atoms with Gasteiger partial charge in [0.25, 0.3) is 0 Å². The lowest BCUT2D eigenvalue weighted by atomic mass is 10.0. The van der Waals surface area contributed by atoms with Gasteiger partial charge in [-0.3, -0.25) is 4.98 Å². The Hall–Kier alpha value is -2.02. The minimum absolute atomic E-state index is 0.0887. The summed E-state index contributed by atoms with van der Waals surface area (Å²) >= 11 is 0. The van der Waals surface area contributed by atoms with Gasteiger partial charge < -0.3 is 14.2 Å². The van der Waals surface area contributed by atoms with Crippen LogP contribution in [-0.2, 0) is 9.47 Å². The third kappa shape index (κ3) is 2.35. The van der Waals surface area contributed by atoms with E-state index in [1.165, 1.54) is 0 Å². The normalized spacial score (nSPS) is 27.7. The third-order valence-electron chi connectivity index (χ3n) is 4.12. The smallest absolute Gasteiger partial charge is 0.232 e. The van der Waals surface area contributed by atoms with Gasteiger partial charge in [-0.05, 0) is 5.56 Å². The lowest BCUT2D eigenvalue weighted by Gasteiger charge is -2.29. The first-order valence-electron chi connectivity index (χ1n) is 7.27. The topological polar surface area (TPSA) is 56.7 Å². The van der Waals surface area contributed by atoms with E-state index in [9.17, 15) is 0 Å². The number of fused-ring (bicyclic) bond motifs is 1. The van der Waals surface area contributed by atoms with Crippen LogP contribution in [-0.4, -0.2) is 47.0 Å². The fourth-order valence-corrected chi connectivity index (χ4v) is 2.95. The molecule has 2 fully saturated rings. The molecule has 0 unspecified atom stereocenters. The number of hydrogen-bond donors (Lipinski definition) is 0. The second-order valence-corrected chi connectivity index (χ2v) is 5.58. The van der Waals surface area contributed by atoms with E-state index in [2.05, 4.69) is 27.0 Å². The minimum atomic E-state index is -0.266. The van der Waals surface area contributed by atoms with Crippen molar-refractivity contribution in [3.05, 3.63) is 54.5 Å². The van der Waals surface area contributed by atoms with Crippen LogP contribution in [0.1, 0.15) is 11.8 Å². The SMILES string of the molecule is c1ccc([C@H]2OC[C@]3(COc4cnccn4)COCN23)cc1. The first-order chi connectivity index (χ1) is 10.9. The number of hydrogen-bond acceptors (Lipinski definition) is 6. The van der Waals surface area contributed by atoms with Crippen molar-refractivity contribution in [1.82, 2.24) is 14.9 Å². The molecule has 22 heavy (non-hydrogen) atoms. The summed E-state index contributed by atoms with van der Waals surface area (Å²) in [6.07, 6.45) is 4.77. The van der Waals surface area contributed by atoms with Gasteiger partial charge in [0, 0.05) is 12.4 Å². The Balaban J connectivity index is 1.52. The van der Waals surface area contributed by atoms with Gasteiger partial charge >= 0.3 is 0 Å². The number of benzene rings is 1. The summed E-state index contributed by atoms with van der Waals surface area (Å²) in [7, 11) is 0. The standard InChI is InChI=1S/C16H17N3O3/c1-2-4-13(5-3-1)15-19-12-20-9-16(19,11-22-15)10-21-14-8-17-6-7-18-14/h1-8,15H,9-12H2/t15-,16-/m1/s1. The highest BCUT2D eigenvalue weighted by atomic mass is 16.6. The lowest BCUT2D eigenvalue weighted by Crippen LogP contribution is -2.48. The Morgan fingerprint density at radius 2 is 2.14 bits per heavy atom. The minimum Gasteiger partial charge on any atom is -0.474 e. The molecular formula is C16H17N3O3. The monoisotopic (exact) mass is 299 g/mol. The summed E-state index contributed by atoms with van der Waals surface area (Å²) in [5.41, 5.74) is 0.868. The number of nitrogens with zero attached hydrogens (tertiary/aromatic N) is 3. The Kier molecular flexibility index (Phi) is 3.49. The zero-order valence-electron chi connectivity index (χ0n) is 12.1. The van der Waals surface area contributed by atoms with E-state index in [4.69, 9.17) is 14.2 Å². The molecule has 2 atom stereocenters. The Labute approximate surface area is 128 Å². The summed E-state index contributed by atoms with van der Waals surface area (Å²) in [4.78, 5) is 10.4. The second kappa shape index (κ2) is 5.64. The summed E-state index contributed by atoms with van der Waals surface area (Å²) in [5.74, 6) is 0.520. The quantitative estimate of drug-likeness (QED) is 0.855. The molecule has 0 N–H and O–H groups in total. The van der Waals surface area contributed by atoms with Crippen LogP contribution in [0.4, 0.5) is 0 Å². The highest BCUT2D eigenvalue weighted by Crippen LogP contribution is 2.40. The van der Waals surface area contributed by atoms with Crippen LogP contribution >= 0.6 is 0 Å². The van der Waals surface area contributed by atoms with Crippen LogP contribution in [0.25, 0.3) is 0 Å². The fourth-order valence-electron chi connectivity index (χ4n) is 2.95. The van der Waals surface area contributed by atoms with Crippen molar-refractivity contribution in [3.63, 3.8) is 0 Å². The van der Waals surface area contributed by atoms with Crippen molar-refractivity contribution in [2.75, 3.05) is 26.6 Å². The van der Waals surface area contributed by atoms with E-state index in [0.29, 0.717) is 32.4 Å². The maximum atomic E-state index is 6.03. The molecule has 6 heteroatoms. The molecule has 1 aromatic carbocycles. The van der Waals surface area contributed by atoms with E-state index in [1.54, 1.807) is 18.6 Å². The van der Waals surface area contributed by atoms with Gasteiger partial charge in [-0.15, -0.1) is 0 Å². The first-order valence-corrected chi connectivity index (χ1v) is 7.27. The van der Waals surface area contributed by atoms with E-state index in [1.807, 2.05) is 18.2 Å². The van der Waals surface area contributed by atoms with Gasteiger partial charge in [0.1, 0.15) is 25.1 Å². The zero-order valence-corrected chi connectivity index (χ0v) is 12.1. The first kappa shape index (κ1) is 13.6. The van der Waals surface area contributed by atoms with Gasteiger partial charge in [-0.25, -0.2) is 9.88 Å². The van der Waals surface area contributed by atoms with Crippen LogP contribution in [0.3, 0.4) is 0 Å². The van der Waals surface area contributed by atoms with E-state index in [-0.39, 0.29) is 11.8 Å². The molecule has 2 aliphatic heterocycles. The summed E-state index contributed by atoms with van der Waals surface area (Å²) in [6.45, 7) is 2.18. The highest BCUT2D eigenvalue weighted by molar-refractivity contribution is 5.20. The molecule has 0 aliphatic carbocycles. The summed E-state index contributed by atoms with van der Waals surface area (Å²) in [5, 5.41) is 0. The molecule has 0 spiro atoms. The molecule has 0 amide bonds. The third-order valence-corrected chi connectivity index (χ3v) is 4.12. The van der Waals surface area contributed by atoms with Crippen LogP contribution in [0.2, 0.25) is 0 Å². The van der Waals surface area contributed by atoms with E-state index in [0.717, 1.165) is 5.56 Å². The average Bonchev–Trinajstić information content (AvgIpc) is 3.14. The molecule has 6 nitrogen and oxygen atoms in total.